The number of anilines is 1. The van der Waals surface area contributed by atoms with Crippen LogP contribution in [-0.4, -0.2) is 13.0 Å². The van der Waals surface area contributed by atoms with Gasteiger partial charge in [0.2, 0.25) is 0 Å². The van der Waals surface area contributed by atoms with E-state index in [4.69, 9.17) is 4.74 Å². The Hall–Kier alpha value is -2.05. The molecular formula is C16H13BrN2O2S. The quantitative estimate of drug-likeness (QED) is 0.662. The molecule has 0 spiro atoms. The molecular weight excluding hydrogens is 364 g/mol. The molecule has 1 amide bonds. The first-order valence-electron chi connectivity index (χ1n) is 6.55. The van der Waals surface area contributed by atoms with Crippen LogP contribution in [0.2, 0.25) is 0 Å². The van der Waals surface area contributed by atoms with Gasteiger partial charge in [-0.2, -0.15) is 0 Å². The molecule has 1 aromatic heterocycles. The minimum Gasteiger partial charge on any atom is -0.497 e. The lowest BCUT2D eigenvalue weighted by molar-refractivity contribution is 0.0966. The van der Waals surface area contributed by atoms with Gasteiger partial charge in [0.25, 0.3) is 5.91 Å². The maximum atomic E-state index is 12.2. The minimum absolute atomic E-state index is 0.164. The van der Waals surface area contributed by atoms with Crippen LogP contribution in [-0.2, 0) is 0 Å². The number of methoxy groups -OCH3 is 1. The molecule has 0 radical (unpaired) electrons. The van der Waals surface area contributed by atoms with Crippen LogP contribution in [0.1, 0.15) is 9.67 Å². The lowest BCUT2D eigenvalue weighted by atomic mass is 10.2. The Kier molecular flexibility index (Phi) is 4.31. The van der Waals surface area contributed by atoms with Crippen LogP contribution in [0.5, 0.6) is 5.75 Å². The van der Waals surface area contributed by atoms with E-state index in [0.29, 0.717) is 4.88 Å². The predicted molar refractivity (Wildman–Crippen MR) is 93.6 cm³/mol. The first kappa shape index (κ1) is 14.9. The number of thiophene rings is 1. The molecule has 6 heteroatoms. The van der Waals surface area contributed by atoms with E-state index in [9.17, 15) is 4.79 Å². The van der Waals surface area contributed by atoms with Crippen molar-refractivity contribution in [3.8, 4) is 5.75 Å². The van der Waals surface area contributed by atoms with Gasteiger partial charge < -0.3 is 4.74 Å². The molecule has 0 atom stereocenters. The van der Waals surface area contributed by atoms with Crippen molar-refractivity contribution in [2.45, 2.75) is 0 Å². The van der Waals surface area contributed by atoms with Crippen molar-refractivity contribution < 1.29 is 9.53 Å². The highest BCUT2D eigenvalue weighted by Crippen LogP contribution is 2.28. The number of ether oxygens (including phenoxy) is 1. The molecule has 4 nitrogen and oxygen atoms in total. The molecule has 0 aliphatic rings. The summed E-state index contributed by atoms with van der Waals surface area (Å²) in [7, 11) is 1.63. The summed E-state index contributed by atoms with van der Waals surface area (Å²) in [6, 6.07) is 15.2. The third-order valence-electron chi connectivity index (χ3n) is 3.11. The van der Waals surface area contributed by atoms with Gasteiger partial charge in [-0.3, -0.25) is 15.6 Å². The first-order valence-corrected chi connectivity index (χ1v) is 8.16. The van der Waals surface area contributed by atoms with E-state index in [0.717, 1.165) is 26.0 Å². The predicted octanol–water partition coefficient (Wildman–Crippen LogP) is 4.43. The molecule has 22 heavy (non-hydrogen) atoms. The highest BCUT2D eigenvalue weighted by molar-refractivity contribution is 9.10. The Morgan fingerprint density at radius 1 is 1.14 bits per heavy atom. The van der Waals surface area contributed by atoms with Crippen molar-refractivity contribution in [3.05, 3.63) is 57.9 Å². The fourth-order valence-corrected chi connectivity index (χ4v) is 3.19. The molecule has 3 aromatic rings. The number of hydrazine groups is 1. The minimum atomic E-state index is -0.164. The van der Waals surface area contributed by atoms with Crippen molar-refractivity contribution >= 4 is 48.9 Å². The Labute approximate surface area is 140 Å². The van der Waals surface area contributed by atoms with E-state index in [1.165, 1.54) is 11.3 Å². The highest BCUT2D eigenvalue weighted by Gasteiger charge is 2.10. The van der Waals surface area contributed by atoms with Crippen LogP contribution in [0, 0.1) is 0 Å². The number of benzene rings is 2. The van der Waals surface area contributed by atoms with E-state index in [-0.39, 0.29) is 5.91 Å². The van der Waals surface area contributed by atoms with Gasteiger partial charge in [0, 0.05) is 9.17 Å². The zero-order valence-corrected chi connectivity index (χ0v) is 14.1. The smallest absolute Gasteiger partial charge is 0.279 e. The number of amides is 1. The largest absolute Gasteiger partial charge is 0.497 e. The third-order valence-corrected chi connectivity index (χ3v) is 4.76. The van der Waals surface area contributed by atoms with E-state index < -0.39 is 0 Å². The topological polar surface area (TPSA) is 50.4 Å². The molecule has 2 N–H and O–H groups in total. The maximum Gasteiger partial charge on any atom is 0.279 e. The average Bonchev–Trinajstić information content (AvgIpc) is 2.97. The van der Waals surface area contributed by atoms with Crippen LogP contribution in [0.25, 0.3) is 10.1 Å². The summed E-state index contributed by atoms with van der Waals surface area (Å²) in [5.41, 5.74) is 6.42. The van der Waals surface area contributed by atoms with Gasteiger partial charge >= 0.3 is 0 Å². The zero-order chi connectivity index (χ0) is 15.5. The van der Waals surface area contributed by atoms with Crippen LogP contribution < -0.4 is 15.6 Å². The fourth-order valence-electron chi connectivity index (χ4n) is 1.98. The third kappa shape index (κ3) is 3.23. The second-order valence-electron chi connectivity index (χ2n) is 4.60. The molecule has 0 saturated heterocycles. The molecule has 0 fully saturated rings. The van der Waals surface area contributed by atoms with E-state index in [1.54, 1.807) is 7.11 Å². The molecule has 0 aliphatic heterocycles. The van der Waals surface area contributed by atoms with Crippen molar-refractivity contribution in [1.82, 2.24) is 5.43 Å². The molecule has 3 rings (SSSR count). The molecule has 0 bridgehead atoms. The van der Waals surface area contributed by atoms with Crippen LogP contribution >= 0.6 is 27.3 Å². The van der Waals surface area contributed by atoms with Gasteiger partial charge in [-0.05, 0) is 53.9 Å². The van der Waals surface area contributed by atoms with Crippen molar-refractivity contribution in [2.24, 2.45) is 0 Å². The lowest BCUT2D eigenvalue weighted by Crippen LogP contribution is -2.28. The Morgan fingerprint density at radius 3 is 2.64 bits per heavy atom. The van der Waals surface area contributed by atoms with Crippen molar-refractivity contribution in [3.63, 3.8) is 0 Å². The molecule has 0 unspecified atom stereocenters. The maximum absolute atomic E-state index is 12.2. The molecule has 2 aromatic carbocycles. The van der Waals surface area contributed by atoms with Crippen molar-refractivity contribution in [1.29, 1.82) is 0 Å². The molecule has 0 saturated carbocycles. The zero-order valence-electron chi connectivity index (χ0n) is 11.7. The fraction of sp³-hybridized carbons (Fsp3) is 0.0625. The molecule has 1 heterocycles. The van der Waals surface area contributed by atoms with Crippen LogP contribution in [0.3, 0.4) is 0 Å². The summed E-state index contributed by atoms with van der Waals surface area (Å²) in [5, 5.41) is 0.998. The monoisotopic (exact) mass is 376 g/mol. The van der Waals surface area contributed by atoms with Gasteiger partial charge in [-0.25, -0.2) is 0 Å². The molecule has 112 valence electrons. The van der Waals surface area contributed by atoms with Crippen LogP contribution in [0.15, 0.2) is 53.0 Å². The number of halogens is 1. The first-order chi connectivity index (χ1) is 10.7. The average molecular weight is 377 g/mol. The summed E-state index contributed by atoms with van der Waals surface area (Å²) in [6.45, 7) is 0. The number of carbonyl (C=O) groups excluding carboxylic acids is 1. The number of carbonyl (C=O) groups is 1. The molecule has 0 aliphatic carbocycles. The Bertz CT molecular complexity index is 815. The second kappa shape index (κ2) is 6.37. The van der Waals surface area contributed by atoms with E-state index in [1.807, 2.05) is 48.5 Å². The summed E-state index contributed by atoms with van der Waals surface area (Å²) >= 11 is 4.82. The number of nitrogens with one attached hydrogen (secondary N) is 2. The van der Waals surface area contributed by atoms with Gasteiger partial charge in [0.15, 0.2) is 0 Å². The van der Waals surface area contributed by atoms with Crippen molar-refractivity contribution in [2.75, 3.05) is 12.5 Å². The van der Waals surface area contributed by atoms with Gasteiger partial charge in [-0.1, -0.05) is 15.9 Å². The van der Waals surface area contributed by atoms with Gasteiger partial charge in [0.05, 0.1) is 17.7 Å². The second-order valence-corrected chi connectivity index (χ2v) is 6.60. The number of hydrogen-bond acceptors (Lipinski definition) is 4. The normalized spacial score (nSPS) is 10.5. The van der Waals surface area contributed by atoms with E-state index in [2.05, 4.69) is 26.8 Å². The Balaban J connectivity index is 1.73. The van der Waals surface area contributed by atoms with Gasteiger partial charge in [0.1, 0.15) is 5.75 Å². The SMILES string of the molecule is COc1ccc2sc(C(=O)NNc3ccc(Br)cc3)cc2c1. The van der Waals surface area contributed by atoms with Crippen LogP contribution in [0.4, 0.5) is 5.69 Å². The summed E-state index contributed by atoms with van der Waals surface area (Å²) < 4.78 is 7.23. The summed E-state index contributed by atoms with van der Waals surface area (Å²) in [5.74, 6) is 0.619. The highest BCUT2D eigenvalue weighted by atomic mass is 79.9. The Morgan fingerprint density at radius 2 is 1.91 bits per heavy atom. The number of fused-ring (bicyclic) bond motifs is 1. The lowest BCUT2D eigenvalue weighted by Gasteiger charge is -2.07. The summed E-state index contributed by atoms with van der Waals surface area (Å²) in [4.78, 5) is 12.9. The number of hydrogen-bond donors (Lipinski definition) is 2. The van der Waals surface area contributed by atoms with Gasteiger partial charge in [-0.15, -0.1) is 11.3 Å². The number of rotatable bonds is 4. The summed E-state index contributed by atoms with van der Waals surface area (Å²) in [6.07, 6.45) is 0. The standard InChI is InChI=1S/C16H13BrN2O2S/c1-21-13-6-7-14-10(8-13)9-15(22-14)16(20)19-18-12-4-2-11(17)3-5-12/h2-9,18H,1H3,(H,19,20). The van der Waals surface area contributed by atoms with E-state index >= 15 is 0 Å².